The van der Waals surface area contributed by atoms with Crippen LogP contribution in [0.25, 0.3) is 33.4 Å². The highest BCUT2D eigenvalue weighted by Crippen LogP contribution is 2.50. The van der Waals surface area contributed by atoms with Crippen LogP contribution in [0.2, 0.25) is 0 Å². The molecular formula is C137H188F2. The van der Waals surface area contributed by atoms with Crippen molar-refractivity contribution >= 4 is 0 Å². The van der Waals surface area contributed by atoms with Crippen molar-refractivity contribution in [1.82, 2.24) is 0 Å². The third-order valence-corrected chi connectivity index (χ3v) is 36.3. The Bertz CT molecular complexity index is 4850. The van der Waals surface area contributed by atoms with Crippen LogP contribution in [0.3, 0.4) is 0 Å². The topological polar surface area (TPSA) is 0 Å². The van der Waals surface area contributed by atoms with Crippen molar-refractivity contribution in [2.24, 2.45) is 101 Å². The van der Waals surface area contributed by atoms with Crippen LogP contribution in [0, 0.1) is 147 Å². The average molecular weight is 1870 g/mol. The molecular weight excluding hydrogens is 1680 g/mol. The molecule has 10 aliphatic rings. The van der Waals surface area contributed by atoms with Crippen molar-refractivity contribution in [3.8, 4) is 33.4 Å². The van der Waals surface area contributed by atoms with E-state index in [1.165, 1.54) is 313 Å². The van der Waals surface area contributed by atoms with Crippen molar-refractivity contribution in [1.29, 1.82) is 0 Å². The second-order valence-corrected chi connectivity index (χ2v) is 46.0. The van der Waals surface area contributed by atoms with Crippen molar-refractivity contribution in [3.63, 3.8) is 0 Å². The summed E-state index contributed by atoms with van der Waals surface area (Å²) >= 11 is 0. The number of benzene rings is 8. The molecule has 0 N–H and O–H groups in total. The Balaban J connectivity index is 0.000000146. The van der Waals surface area contributed by atoms with Gasteiger partial charge in [0.05, 0.1) is 0 Å². The smallest absolute Gasteiger partial charge is 0.131 e. The molecule has 0 saturated heterocycles. The molecule has 10 aliphatic carbocycles. The molecule has 0 heterocycles. The predicted octanol–water partition coefficient (Wildman–Crippen LogP) is 41.5. The summed E-state index contributed by atoms with van der Waals surface area (Å²) in [5.74, 6) is 18.5. The van der Waals surface area contributed by atoms with Gasteiger partial charge in [-0.15, -0.1) is 26.3 Å². The zero-order valence-corrected chi connectivity index (χ0v) is 89.0. The first-order chi connectivity index (χ1) is 67.7. The molecule has 0 amide bonds. The van der Waals surface area contributed by atoms with Crippen molar-refractivity contribution in [2.45, 2.75) is 376 Å². The molecule has 8 aromatic rings. The van der Waals surface area contributed by atoms with Gasteiger partial charge in [-0.1, -0.05) is 292 Å². The van der Waals surface area contributed by atoms with E-state index < -0.39 is 0 Å². The van der Waals surface area contributed by atoms with Gasteiger partial charge in [0.1, 0.15) is 11.6 Å². The molecule has 0 atom stereocenters. The zero-order chi connectivity index (χ0) is 98.0. The standard InChI is InChI=1S/C24H23F.C22H32.C21H29F.C21H30.C18H20.C16H28.C15H26/c1-3-4-5-6-19-9-13-21(14-10-19)23-16-15-22(17-24(23)25)20-11-7-18(2)8-12-20;1-3-4-18-7-11-20(12-8-18)22-15-13-21(14-16-22)19-9-5-17(2)6-10-19;1-3-16-5-8-17(9-6-16)18-10-12-19(13-11-18)20-7-4-15(2)21(22)14-20;1-3-17-6-10-19(11-7-17)21-14-12-20(13-15-21)18-8-4-16(2)5-9-18;1-3-4-5-6-16-9-13-18(14-10-16)17-11-7-15(2)8-12-17;1-3-4-14-7-11-16(12-8-14)15-9-5-13(2)6-10-15;1-3-13-6-10-15(11-7-13)14-8-4-12(2)5-9-14/h3-4,7-17H,5-6H2,1-2H3;3,5-6,9-10,18,20-22H,1,4,7-8,11-16H2,2H3;3-4,7,14,16-19H,1,5-6,8-13H2,2H3;3-5,8-9,17,19-21H,1,6-7,10-15H2,2H3;3-4,7-14H,5-6H2,1-2H3;3-4,13-16H,5-12H2,1-2H3;3,12-15H,1,4-11H2,2H3/b4-3+;;;;2*4-3+;. The molecule has 2 heteroatoms. The van der Waals surface area contributed by atoms with Gasteiger partial charge in [-0.2, -0.15) is 0 Å². The van der Waals surface area contributed by atoms with Crippen LogP contribution in [-0.2, 0) is 12.8 Å². The van der Waals surface area contributed by atoms with Gasteiger partial charge in [-0.3, -0.25) is 0 Å². The Kier molecular flexibility index (Phi) is 46.6. The summed E-state index contributed by atoms with van der Waals surface area (Å²) in [6, 6.07) is 63.8. The van der Waals surface area contributed by atoms with Gasteiger partial charge in [0, 0.05) is 5.56 Å². The first kappa shape index (κ1) is 110. The summed E-state index contributed by atoms with van der Waals surface area (Å²) in [5, 5.41) is 0. The molecule has 0 aromatic heterocycles. The molecule has 0 radical (unpaired) electrons. The maximum Gasteiger partial charge on any atom is 0.131 e. The molecule has 0 aliphatic heterocycles. The lowest BCUT2D eigenvalue weighted by molar-refractivity contribution is 0.160. The first-order valence-corrected chi connectivity index (χ1v) is 57.1. The van der Waals surface area contributed by atoms with Crippen LogP contribution in [-0.4, -0.2) is 0 Å². The SMILES string of the molecule is C/C=C/C1CCC(C2CCC(C)CC2)CC1.C/C=C/CCc1ccc(-c2ccc(-c3ccc(C)cc3)cc2F)cc1.C/C=C/CCc1ccc(-c2ccc(C)cc2)cc1.C=CC1CCC(C2CCC(C)CC2)CC1.C=CC1CCC(C2CCC(c3ccc(C)c(F)c3)CC2)CC1.C=CC1CCC(C2CCC(c3ccc(C)cc3)CC2)CC1.C=CCC1CCC(C2CCC(c3ccc(C)cc3)CC2)CC1. The van der Waals surface area contributed by atoms with E-state index in [0.29, 0.717) is 11.5 Å². The second kappa shape index (κ2) is 59.1. The minimum absolute atomic E-state index is 0.0395. The lowest BCUT2D eigenvalue weighted by atomic mass is 9.68. The van der Waals surface area contributed by atoms with Gasteiger partial charge in [0.25, 0.3) is 0 Å². The van der Waals surface area contributed by atoms with Gasteiger partial charge in [-0.25, -0.2) is 8.78 Å². The monoisotopic (exact) mass is 1870 g/mol. The molecule has 10 fully saturated rings. The summed E-state index contributed by atoms with van der Waals surface area (Å²) in [5.41, 5.74) is 19.2. The zero-order valence-electron chi connectivity index (χ0n) is 89.0. The van der Waals surface area contributed by atoms with Gasteiger partial charge in [0.15, 0.2) is 0 Å². The minimum Gasteiger partial charge on any atom is -0.207 e. The van der Waals surface area contributed by atoms with Gasteiger partial charge < -0.3 is 0 Å². The van der Waals surface area contributed by atoms with Crippen LogP contribution >= 0.6 is 0 Å². The number of allylic oxidation sites excluding steroid dienone is 10. The molecule has 750 valence electrons. The lowest BCUT2D eigenvalue weighted by Crippen LogP contribution is -2.25. The molecule has 0 bridgehead atoms. The Morgan fingerprint density at radius 3 is 0.863 bits per heavy atom. The van der Waals surface area contributed by atoms with Gasteiger partial charge in [-0.05, 0) is 510 Å². The number of halogens is 2. The molecule has 10 saturated carbocycles. The van der Waals surface area contributed by atoms with Crippen molar-refractivity contribution in [2.75, 3.05) is 0 Å². The number of aryl methyl sites for hydroxylation is 7. The summed E-state index contributed by atoms with van der Waals surface area (Å²) in [4.78, 5) is 0. The van der Waals surface area contributed by atoms with E-state index in [1.54, 1.807) is 23.3 Å². The average Bonchev–Trinajstić information content (AvgIpc) is 0.819. The third kappa shape index (κ3) is 35.7. The van der Waals surface area contributed by atoms with Crippen LogP contribution < -0.4 is 0 Å². The van der Waals surface area contributed by atoms with Crippen LogP contribution in [0.1, 0.15) is 384 Å². The number of hydrogen-bond donors (Lipinski definition) is 0. The van der Waals surface area contributed by atoms with Crippen molar-refractivity contribution < 1.29 is 8.78 Å². The van der Waals surface area contributed by atoms with Gasteiger partial charge >= 0.3 is 0 Å². The number of hydrogen-bond acceptors (Lipinski definition) is 0. The largest absolute Gasteiger partial charge is 0.207 e. The highest BCUT2D eigenvalue weighted by Gasteiger charge is 2.36. The third-order valence-electron chi connectivity index (χ3n) is 36.3. The molecule has 0 spiro atoms. The molecule has 8 aromatic carbocycles. The molecule has 0 unspecified atom stereocenters. The van der Waals surface area contributed by atoms with E-state index in [9.17, 15) is 8.78 Å². The lowest BCUT2D eigenvalue weighted by Gasteiger charge is -2.38. The van der Waals surface area contributed by atoms with E-state index in [-0.39, 0.29) is 11.6 Å². The fourth-order valence-electron chi connectivity index (χ4n) is 26.6. The Morgan fingerprint density at radius 2 is 0.547 bits per heavy atom. The predicted molar refractivity (Wildman–Crippen MR) is 602 cm³/mol. The maximum atomic E-state index is 14.6. The highest BCUT2D eigenvalue weighted by atomic mass is 19.1. The normalized spacial score (nSPS) is 28.2. The Hall–Kier alpha value is -8.20. The maximum absolute atomic E-state index is 14.6. The fraction of sp³-hybridized carbons (Fsp3) is 0.547. The summed E-state index contributed by atoms with van der Waals surface area (Å²) in [6.45, 7) is 37.3. The van der Waals surface area contributed by atoms with E-state index in [0.717, 1.165) is 160 Å². The van der Waals surface area contributed by atoms with Crippen molar-refractivity contribution in [3.05, 3.63) is 336 Å². The highest BCUT2D eigenvalue weighted by molar-refractivity contribution is 5.71. The summed E-state index contributed by atoms with van der Waals surface area (Å²) < 4.78 is 28.4. The number of rotatable bonds is 23. The van der Waals surface area contributed by atoms with E-state index in [1.807, 2.05) is 68.4 Å². The molecule has 139 heavy (non-hydrogen) atoms. The first-order valence-electron chi connectivity index (χ1n) is 57.1. The fourth-order valence-corrected chi connectivity index (χ4v) is 26.6. The van der Waals surface area contributed by atoms with Gasteiger partial charge in [0.2, 0.25) is 0 Å². The second-order valence-electron chi connectivity index (χ2n) is 46.0. The van der Waals surface area contributed by atoms with Crippen LogP contribution in [0.5, 0.6) is 0 Å². The summed E-state index contributed by atoms with van der Waals surface area (Å²) in [6.07, 6.45) is 85.0. The summed E-state index contributed by atoms with van der Waals surface area (Å²) in [7, 11) is 0. The Morgan fingerprint density at radius 1 is 0.266 bits per heavy atom. The van der Waals surface area contributed by atoms with Crippen LogP contribution in [0.4, 0.5) is 8.78 Å². The Labute approximate surface area is 849 Å². The minimum atomic E-state index is -0.181. The quantitative estimate of drug-likeness (QED) is 0.0560. The van der Waals surface area contributed by atoms with E-state index in [4.69, 9.17) is 0 Å². The molecule has 0 nitrogen and oxygen atoms in total. The van der Waals surface area contributed by atoms with E-state index >= 15 is 0 Å². The molecule has 18 rings (SSSR count). The van der Waals surface area contributed by atoms with E-state index in [2.05, 4.69) is 258 Å². The van der Waals surface area contributed by atoms with Crippen LogP contribution in [0.15, 0.2) is 269 Å².